The molecule has 5 nitrogen and oxygen atoms in total. The molecule has 0 aromatic heterocycles. The van der Waals surface area contributed by atoms with Crippen molar-refractivity contribution in [3.63, 3.8) is 0 Å². The highest BCUT2D eigenvalue weighted by Crippen LogP contribution is 2.27. The Bertz CT molecular complexity index is 1280. The largest absolute Gasteiger partial charge is 0.483 e. The zero-order chi connectivity index (χ0) is 23.2. The van der Waals surface area contributed by atoms with Crippen LogP contribution in [0.5, 0.6) is 5.75 Å². The monoisotopic (exact) mass is 438 g/mol. The molecule has 4 rings (SSSR count). The van der Waals surface area contributed by atoms with E-state index >= 15 is 0 Å². The number of hydrogen-bond acceptors (Lipinski definition) is 3. The second kappa shape index (κ2) is 10.0. The summed E-state index contributed by atoms with van der Waals surface area (Å²) in [5.41, 5.74) is 3.08. The maximum absolute atomic E-state index is 13.1. The molecule has 0 aliphatic heterocycles. The third kappa shape index (κ3) is 5.39. The van der Waals surface area contributed by atoms with Crippen molar-refractivity contribution in [1.82, 2.24) is 5.32 Å². The number of anilines is 1. The Kier molecular flexibility index (Phi) is 6.69. The molecule has 0 saturated heterocycles. The summed E-state index contributed by atoms with van der Waals surface area (Å²) in [6.45, 7) is 3.66. The van der Waals surface area contributed by atoms with Crippen LogP contribution < -0.4 is 15.4 Å². The molecule has 166 valence electrons. The predicted molar refractivity (Wildman–Crippen MR) is 132 cm³/mol. The molecule has 0 saturated carbocycles. The van der Waals surface area contributed by atoms with Gasteiger partial charge in [-0.25, -0.2) is 0 Å². The van der Waals surface area contributed by atoms with Crippen LogP contribution in [0.25, 0.3) is 10.8 Å². The van der Waals surface area contributed by atoms with E-state index in [1.54, 1.807) is 12.1 Å². The Morgan fingerprint density at radius 1 is 0.848 bits per heavy atom. The van der Waals surface area contributed by atoms with Crippen molar-refractivity contribution >= 4 is 28.3 Å². The Morgan fingerprint density at radius 2 is 1.48 bits per heavy atom. The number of nitrogens with one attached hydrogen (secondary N) is 2. The van der Waals surface area contributed by atoms with Crippen LogP contribution in [0.15, 0.2) is 91.0 Å². The maximum atomic E-state index is 13.1. The first-order chi connectivity index (χ1) is 16.0. The lowest BCUT2D eigenvalue weighted by Crippen LogP contribution is -2.31. The van der Waals surface area contributed by atoms with Crippen LogP contribution in [0.3, 0.4) is 0 Å². The zero-order valence-corrected chi connectivity index (χ0v) is 18.7. The predicted octanol–water partition coefficient (Wildman–Crippen LogP) is 5.66. The summed E-state index contributed by atoms with van der Waals surface area (Å²) in [5.74, 6) is -0.185. The first-order valence-electron chi connectivity index (χ1n) is 10.9. The Balaban J connectivity index is 1.53. The van der Waals surface area contributed by atoms with Crippen LogP contribution in [-0.2, 0) is 4.79 Å². The van der Waals surface area contributed by atoms with Gasteiger partial charge >= 0.3 is 0 Å². The SMILES string of the molecule is Cc1ccccc1NC(=O)c1cc2ccccc2cc1OCC(=O)NC(C)c1ccccc1. The Morgan fingerprint density at radius 3 is 2.21 bits per heavy atom. The fraction of sp³-hybridized carbons (Fsp3) is 0.143. The summed E-state index contributed by atoms with van der Waals surface area (Å²) < 4.78 is 5.86. The molecule has 0 aliphatic carbocycles. The van der Waals surface area contributed by atoms with Gasteiger partial charge in [-0.2, -0.15) is 0 Å². The number of carbonyl (C=O) groups excluding carboxylic acids is 2. The minimum Gasteiger partial charge on any atom is -0.483 e. The summed E-state index contributed by atoms with van der Waals surface area (Å²) in [6, 6.07) is 28.5. The molecule has 0 aliphatic rings. The highest BCUT2D eigenvalue weighted by Gasteiger charge is 2.17. The van der Waals surface area contributed by atoms with Gasteiger partial charge in [-0.15, -0.1) is 0 Å². The fourth-order valence-electron chi connectivity index (χ4n) is 3.67. The van der Waals surface area contributed by atoms with Crippen LogP contribution in [-0.4, -0.2) is 18.4 Å². The molecule has 33 heavy (non-hydrogen) atoms. The van der Waals surface area contributed by atoms with Gasteiger partial charge in [-0.1, -0.05) is 72.8 Å². The van der Waals surface area contributed by atoms with Gasteiger partial charge in [0.15, 0.2) is 6.61 Å². The highest BCUT2D eigenvalue weighted by atomic mass is 16.5. The summed E-state index contributed by atoms with van der Waals surface area (Å²) in [6.07, 6.45) is 0. The minimum absolute atomic E-state index is 0.150. The number of benzene rings is 4. The molecule has 4 aromatic carbocycles. The second-order valence-corrected chi connectivity index (χ2v) is 7.95. The first-order valence-corrected chi connectivity index (χ1v) is 10.9. The molecule has 4 aromatic rings. The normalized spacial score (nSPS) is 11.6. The lowest BCUT2D eigenvalue weighted by atomic mass is 10.0. The lowest BCUT2D eigenvalue weighted by Gasteiger charge is -2.16. The summed E-state index contributed by atoms with van der Waals surface area (Å²) in [7, 11) is 0. The fourth-order valence-corrected chi connectivity index (χ4v) is 3.67. The van der Waals surface area contributed by atoms with E-state index in [2.05, 4.69) is 10.6 Å². The van der Waals surface area contributed by atoms with Crippen molar-refractivity contribution in [1.29, 1.82) is 0 Å². The molecule has 0 spiro atoms. The summed E-state index contributed by atoms with van der Waals surface area (Å²) >= 11 is 0. The second-order valence-electron chi connectivity index (χ2n) is 7.95. The van der Waals surface area contributed by atoms with Crippen LogP contribution >= 0.6 is 0 Å². The molecule has 0 heterocycles. The van der Waals surface area contributed by atoms with Gasteiger partial charge in [-0.05, 0) is 53.9 Å². The van der Waals surface area contributed by atoms with Gasteiger partial charge < -0.3 is 15.4 Å². The van der Waals surface area contributed by atoms with Crippen LogP contribution in [0.4, 0.5) is 5.69 Å². The van der Waals surface area contributed by atoms with Crippen molar-refractivity contribution in [2.24, 2.45) is 0 Å². The van der Waals surface area contributed by atoms with E-state index in [0.29, 0.717) is 11.3 Å². The highest BCUT2D eigenvalue weighted by molar-refractivity contribution is 6.09. The van der Waals surface area contributed by atoms with E-state index in [4.69, 9.17) is 4.74 Å². The molecule has 2 amide bonds. The molecular weight excluding hydrogens is 412 g/mol. The molecule has 1 atom stereocenters. The number of rotatable bonds is 7. The number of fused-ring (bicyclic) bond motifs is 1. The topological polar surface area (TPSA) is 67.4 Å². The molecule has 0 radical (unpaired) electrons. The number of hydrogen-bond donors (Lipinski definition) is 2. The summed E-state index contributed by atoms with van der Waals surface area (Å²) in [5, 5.41) is 7.74. The van der Waals surface area contributed by atoms with E-state index < -0.39 is 0 Å². The molecule has 1 unspecified atom stereocenters. The van der Waals surface area contributed by atoms with Crippen molar-refractivity contribution < 1.29 is 14.3 Å². The average molecular weight is 439 g/mol. The van der Waals surface area contributed by atoms with Gasteiger partial charge in [0.05, 0.1) is 11.6 Å². The standard InChI is InChI=1S/C28H26N2O3/c1-19-10-6-9-15-25(19)30-28(32)24-16-22-13-7-8-14-23(22)17-26(24)33-18-27(31)29-20(2)21-11-4-3-5-12-21/h3-17,20H,18H2,1-2H3,(H,29,31)(H,30,32). The molecule has 2 N–H and O–H groups in total. The van der Waals surface area contributed by atoms with Gasteiger partial charge in [-0.3, -0.25) is 9.59 Å². The third-order valence-corrected chi connectivity index (χ3v) is 5.52. The van der Waals surface area contributed by atoms with E-state index in [-0.39, 0.29) is 24.5 Å². The maximum Gasteiger partial charge on any atom is 0.259 e. The van der Waals surface area contributed by atoms with E-state index in [1.165, 1.54) is 0 Å². The van der Waals surface area contributed by atoms with Crippen LogP contribution in [0.1, 0.15) is 34.5 Å². The van der Waals surface area contributed by atoms with Crippen molar-refractivity contribution in [2.75, 3.05) is 11.9 Å². The number of aryl methyl sites for hydroxylation is 1. The number of ether oxygens (including phenoxy) is 1. The van der Waals surface area contributed by atoms with Crippen molar-refractivity contribution in [2.45, 2.75) is 19.9 Å². The van der Waals surface area contributed by atoms with Gasteiger partial charge in [0.25, 0.3) is 11.8 Å². The zero-order valence-electron chi connectivity index (χ0n) is 18.7. The van der Waals surface area contributed by atoms with Gasteiger partial charge in [0, 0.05) is 5.69 Å². The van der Waals surface area contributed by atoms with E-state index in [1.807, 2.05) is 92.7 Å². The summed E-state index contributed by atoms with van der Waals surface area (Å²) in [4.78, 5) is 25.7. The lowest BCUT2D eigenvalue weighted by molar-refractivity contribution is -0.123. The first kappa shape index (κ1) is 22.1. The third-order valence-electron chi connectivity index (χ3n) is 5.52. The minimum atomic E-state index is -0.289. The van der Waals surface area contributed by atoms with Crippen LogP contribution in [0, 0.1) is 6.92 Å². The number of carbonyl (C=O) groups is 2. The molecule has 0 bridgehead atoms. The van der Waals surface area contributed by atoms with Crippen molar-refractivity contribution in [3.05, 3.63) is 108 Å². The van der Waals surface area contributed by atoms with Crippen LogP contribution in [0.2, 0.25) is 0 Å². The number of para-hydroxylation sites is 1. The van der Waals surface area contributed by atoms with Gasteiger partial charge in [0.2, 0.25) is 0 Å². The molecular formula is C28H26N2O3. The molecule has 5 heteroatoms. The quantitative estimate of drug-likeness (QED) is 0.391. The van der Waals surface area contributed by atoms with Crippen molar-refractivity contribution in [3.8, 4) is 5.75 Å². The average Bonchev–Trinajstić information content (AvgIpc) is 2.84. The number of amides is 2. The molecule has 0 fully saturated rings. The van der Waals surface area contributed by atoms with Gasteiger partial charge in [0.1, 0.15) is 5.75 Å². The van der Waals surface area contributed by atoms with E-state index in [0.717, 1.165) is 27.6 Å². The Labute approximate surface area is 193 Å². The van der Waals surface area contributed by atoms with E-state index in [9.17, 15) is 9.59 Å². The smallest absolute Gasteiger partial charge is 0.259 e. The Hall–Kier alpha value is -4.12.